The van der Waals surface area contributed by atoms with Gasteiger partial charge in [0.25, 0.3) is 0 Å². The summed E-state index contributed by atoms with van der Waals surface area (Å²) in [6.07, 6.45) is 4.72. The summed E-state index contributed by atoms with van der Waals surface area (Å²) in [5.74, 6) is 0. The number of benzene rings is 1. The zero-order valence-electron chi connectivity index (χ0n) is 12.3. The molecule has 1 N–H and O–H groups in total. The third kappa shape index (κ3) is 7.85. The maximum atomic E-state index is 5.41. The summed E-state index contributed by atoms with van der Waals surface area (Å²) >= 11 is 0. The molecule has 0 fully saturated rings. The Bertz CT molecular complexity index is 311. The molecule has 0 heterocycles. The van der Waals surface area contributed by atoms with E-state index in [9.17, 15) is 0 Å². The van der Waals surface area contributed by atoms with Gasteiger partial charge in [-0.3, -0.25) is 0 Å². The largest absolute Gasteiger partial charge is 0.385 e. The van der Waals surface area contributed by atoms with Gasteiger partial charge >= 0.3 is 0 Å². The van der Waals surface area contributed by atoms with Crippen molar-refractivity contribution in [2.75, 3.05) is 38.8 Å². The molecule has 0 spiro atoms. The Morgan fingerprint density at radius 2 is 1.79 bits per heavy atom. The van der Waals surface area contributed by atoms with E-state index in [1.165, 1.54) is 30.5 Å². The topological polar surface area (TPSA) is 30.5 Å². The monoisotopic (exact) mass is 265 g/mol. The summed E-state index contributed by atoms with van der Waals surface area (Å²) in [6, 6.07) is 8.76. The Morgan fingerprint density at radius 3 is 2.47 bits per heavy atom. The second-order valence-corrected chi connectivity index (χ2v) is 4.69. The van der Waals surface area contributed by atoms with Crippen LogP contribution in [0.15, 0.2) is 24.3 Å². The first-order valence-electron chi connectivity index (χ1n) is 7.26. The van der Waals surface area contributed by atoms with E-state index in [-0.39, 0.29) is 0 Å². The lowest BCUT2D eigenvalue weighted by molar-refractivity contribution is 0.0705. The zero-order chi connectivity index (χ0) is 13.8. The van der Waals surface area contributed by atoms with E-state index in [1.807, 2.05) is 0 Å². The zero-order valence-corrected chi connectivity index (χ0v) is 12.3. The molecule has 0 saturated carbocycles. The number of anilines is 1. The fraction of sp³-hybridized carbons (Fsp3) is 0.625. The van der Waals surface area contributed by atoms with Crippen molar-refractivity contribution in [1.29, 1.82) is 0 Å². The van der Waals surface area contributed by atoms with Gasteiger partial charge in [-0.15, -0.1) is 0 Å². The predicted molar refractivity (Wildman–Crippen MR) is 80.9 cm³/mol. The summed E-state index contributed by atoms with van der Waals surface area (Å²) in [5.41, 5.74) is 2.62. The van der Waals surface area contributed by atoms with Crippen LogP contribution in [-0.2, 0) is 15.9 Å². The van der Waals surface area contributed by atoms with Gasteiger partial charge < -0.3 is 14.8 Å². The van der Waals surface area contributed by atoms with Crippen LogP contribution >= 0.6 is 0 Å². The van der Waals surface area contributed by atoms with Crippen LogP contribution in [0, 0.1) is 0 Å². The number of ether oxygens (including phenoxy) is 2. The molecule has 0 radical (unpaired) electrons. The third-order valence-corrected chi connectivity index (χ3v) is 3.00. The summed E-state index contributed by atoms with van der Waals surface area (Å²) < 4.78 is 10.3. The molecule has 108 valence electrons. The lowest BCUT2D eigenvalue weighted by Crippen LogP contribution is -2.08. The smallest absolute Gasteiger partial charge is 0.0700 e. The van der Waals surface area contributed by atoms with E-state index in [2.05, 4.69) is 36.5 Å². The lowest BCUT2D eigenvalue weighted by Gasteiger charge is -2.08. The van der Waals surface area contributed by atoms with Crippen molar-refractivity contribution in [3.8, 4) is 0 Å². The second-order valence-electron chi connectivity index (χ2n) is 4.69. The van der Waals surface area contributed by atoms with Gasteiger partial charge in [0.05, 0.1) is 13.2 Å². The second kappa shape index (κ2) is 10.8. The van der Waals surface area contributed by atoms with Gasteiger partial charge in [-0.25, -0.2) is 0 Å². The SMILES string of the molecule is CCCCc1ccc(NCCCOCCOC)cc1. The molecular weight excluding hydrogens is 238 g/mol. The Hall–Kier alpha value is -1.06. The number of unbranched alkanes of at least 4 members (excludes halogenated alkanes) is 1. The number of methoxy groups -OCH3 is 1. The number of hydrogen-bond acceptors (Lipinski definition) is 3. The molecule has 0 bridgehead atoms. The van der Waals surface area contributed by atoms with Crippen molar-refractivity contribution in [2.45, 2.75) is 32.6 Å². The number of nitrogens with one attached hydrogen (secondary N) is 1. The maximum Gasteiger partial charge on any atom is 0.0700 e. The predicted octanol–water partition coefficient (Wildman–Crippen LogP) is 3.49. The Morgan fingerprint density at radius 1 is 1.00 bits per heavy atom. The van der Waals surface area contributed by atoms with Gasteiger partial charge in [0, 0.05) is 25.9 Å². The van der Waals surface area contributed by atoms with Crippen molar-refractivity contribution in [1.82, 2.24) is 0 Å². The minimum Gasteiger partial charge on any atom is -0.385 e. The van der Waals surface area contributed by atoms with Gasteiger partial charge in [0.15, 0.2) is 0 Å². The quantitative estimate of drug-likeness (QED) is 0.621. The van der Waals surface area contributed by atoms with Crippen molar-refractivity contribution < 1.29 is 9.47 Å². The fourth-order valence-corrected chi connectivity index (χ4v) is 1.82. The van der Waals surface area contributed by atoms with Gasteiger partial charge in [-0.05, 0) is 37.0 Å². The highest BCUT2D eigenvalue weighted by atomic mass is 16.5. The molecule has 3 heteroatoms. The fourth-order valence-electron chi connectivity index (χ4n) is 1.82. The van der Waals surface area contributed by atoms with Crippen molar-refractivity contribution in [2.24, 2.45) is 0 Å². The van der Waals surface area contributed by atoms with Crippen LogP contribution < -0.4 is 5.32 Å². The van der Waals surface area contributed by atoms with Crippen molar-refractivity contribution >= 4 is 5.69 Å². The van der Waals surface area contributed by atoms with Gasteiger partial charge in [-0.2, -0.15) is 0 Å². The van der Waals surface area contributed by atoms with Crippen LogP contribution in [0.25, 0.3) is 0 Å². The van der Waals surface area contributed by atoms with E-state index in [1.54, 1.807) is 7.11 Å². The molecule has 0 amide bonds. The first-order valence-corrected chi connectivity index (χ1v) is 7.26. The number of rotatable bonds is 11. The standard InChI is InChI=1S/C16H27NO2/c1-3-4-6-15-7-9-16(10-8-15)17-11-5-12-19-14-13-18-2/h7-10,17H,3-6,11-14H2,1-2H3. The highest BCUT2D eigenvalue weighted by Crippen LogP contribution is 2.11. The van der Waals surface area contributed by atoms with Crippen LogP contribution in [-0.4, -0.2) is 33.5 Å². The van der Waals surface area contributed by atoms with E-state index < -0.39 is 0 Å². The van der Waals surface area contributed by atoms with Crippen molar-refractivity contribution in [3.63, 3.8) is 0 Å². The molecule has 0 atom stereocenters. The highest BCUT2D eigenvalue weighted by Gasteiger charge is 1.95. The molecule has 0 unspecified atom stereocenters. The minimum absolute atomic E-state index is 0.673. The molecule has 19 heavy (non-hydrogen) atoms. The molecule has 0 aliphatic rings. The third-order valence-electron chi connectivity index (χ3n) is 3.00. The average Bonchev–Trinajstić information content (AvgIpc) is 2.45. The van der Waals surface area contributed by atoms with Crippen LogP contribution in [0.1, 0.15) is 31.7 Å². The molecule has 1 aromatic rings. The van der Waals surface area contributed by atoms with E-state index in [0.717, 1.165) is 19.6 Å². The van der Waals surface area contributed by atoms with Gasteiger partial charge in [-0.1, -0.05) is 25.5 Å². The van der Waals surface area contributed by atoms with Gasteiger partial charge in [0.1, 0.15) is 0 Å². The molecule has 1 aromatic carbocycles. The molecule has 0 aliphatic carbocycles. The summed E-state index contributed by atoms with van der Waals surface area (Å²) in [6.45, 7) is 5.31. The molecule has 1 rings (SSSR count). The van der Waals surface area contributed by atoms with Crippen LogP contribution in [0.2, 0.25) is 0 Å². The number of hydrogen-bond donors (Lipinski definition) is 1. The average molecular weight is 265 g/mol. The Balaban J connectivity index is 2.09. The highest BCUT2D eigenvalue weighted by molar-refractivity contribution is 5.44. The number of aryl methyl sites for hydroxylation is 1. The van der Waals surface area contributed by atoms with Crippen molar-refractivity contribution in [3.05, 3.63) is 29.8 Å². The van der Waals surface area contributed by atoms with Crippen LogP contribution in [0.3, 0.4) is 0 Å². The summed E-state index contributed by atoms with van der Waals surface area (Å²) in [5, 5.41) is 3.41. The van der Waals surface area contributed by atoms with E-state index in [4.69, 9.17) is 9.47 Å². The first kappa shape index (κ1) is 16.0. The molecule has 3 nitrogen and oxygen atoms in total. The molecule has 0 aliphatic heterocycles. The lowest BCUT2D eigenvalue weighted by atomic mass is 10.1. The molecular formula is C16H27NO2. The minimum atomic E-state index is 0.673. The van der Waals surface area contributed by atoms with Crippen LogP contribution in [0.4, 0.5) is 5.69 Å². The first-order chi connectivity index (χ1) is 9.36. The van der Waals surface area contributed by atoms with Gasteiger partial charge in [0.2, 0.25) is 0 Å². The Labute approximate surface area is 117 Å². The Kier molecular flexibility index (Phi) is 9.11. The summed E-state index contributed by atoms with van der Waals surface area (Å²) in [7, 11) is 1.69. The molecule has 0 aromatic heterocycles. The molecule has 0 saturated heterocycles. The summed E-state index contributed by atoms with van der Waals surface area (Å²) in [4.78, 5) is 0. The maximum absolute atomic E-state index is 5.41. The van der Waals surface area contributed by atoms with E-state index in [0.29, 0.717) is 13.2 Å². The normalized spacial score (nSPS) is 10.6. The van der Waals surface area contributed by atoms with E-state index >= 15 is 0 Å². The van der Waals surface area contributed by atoms with Crippen LogP contribution in [0.5, 0.6) is 0 Å².